The maximum atomic E-state index is 15.3. The average Bonchev–Trinajstić information content (AvgIpc) is 3.40. The summed E-state index contributed by atoms with van der Waals surface area (Å²) in [5.74, 6) is -1.99. The van der Waals surface area contributed by atoms with Gasteiger partial charge in [0, 0.05) is 29.9 Å². The third kappa shape index (κ3) is 5.52. The zero-order valence-electron chi connectivity index (χ0n) is 23.9. The molecule has 3 heterocycles. The van der Waals surface area contributed by atoms with Crippen LogP contribution in [0.5, 0.6) is 0 Å². The van der Waals surface area contributed by atoms with Crippen LogP contribution in [0.25, 0.3) is 0 Å². The van der Waals surface area contributed by atoms with Crippen molar-refractivity contribution in [2.24, 2.45) is 22.6 Å². The largest absolute Gasteiger partial charge is 0.478 e. The fourth-order valence-electron chi connectivity index (χ4n) is 6.52. The van der Waals surface area contributed by atoms with Crippen LogP contribution in [-0.2, 0) is 9.59 Å². The van der Waals surface area contributed by atoms with Crippen molar-refractivity contribution in [3.63, 3.8) is 0 Å². The Morgan fingerprint density at radius 2 is 1.55 bits per heavy atom. The van der Waals surface area contributed by atoms with E-state index in [4.69, 9.17) is 5.73 Å². The molecule has 1 atom stereocenters. The summed E-state index contributed by atoms with van der Waals surface area (Å²) in [6.45, 7) is 0.914. The number of primary amides is 1. The number of urea groups is 1. The van der Waals surface area contributed by atoms with Gasteiger partial charge in [0.25, 0.3) is 5.91 Å². The molecule has 4 amide bonds. The topological polar surface area (TPSA) is 137 Å². The molecule has 0 radical (unpaired) electrons. The van der Waals surface area contributed by atoms with Gasteiger partial charge in [-0.1, -0.05) is 36.4 Å². The Kier molecular flexibility index (Phi) is 7.86. The van der Waals surface area contributed by atoms with E-state index in [0.29, 0.717) is 36.2 Å². The Labute approximate surface area is 253 Å². The first kappa shape index (κ1) is 29.0. The van der Waals surface area contributed by atoms with Gasteiger partial charge in [0.05, 0.1) is 17.0 Å². The normalized spacial score (nSPS) is 21.2. The number of rotatable bonds is 6. The second kappa shape index (κ2) is 11.9. The van der Waals surface area contributed by atoms with Gasteiger partial charge < -0.3 is 15.7 Å². The Bertz CT molecular complexity index is 1650. The van der Waals surface area contributed by atoms with Gasteiger partial charge in [-0.2, -0.15) is 0 Å². The molecule has 3 fully saturated rings. The second-order valence-electron chi connectivity index (χ2n) is 11.5. The Balaban J connectivity index is 1.48. The number of carbonyl (C=O) groups is 4. The molecule has 7 rings (SSSR count). The van der Waals surface area contributed by atoms with Crippen LogP contribution in [0.1, 0.15) is 47.2 Å². The number of hydrogen-bond acceptors (Lipinski definition) is 5. The first-order chi connectivity index (χ1) is 21.2. The van der Waals surface area contributed by atoms with Crippen LogP contribution in [0.15, 0.2) is 77.8 Å². The summed E-state index contributed by atoms with van der Waals surface area (Å²) >= 11 is 0. The number of hydrogen-bond donors (Lipinski definition) is 2. The number of aliphatic imine (C=N–C) groups is 1. The minimum absolute atomic E-state index is 0.00806. The minimum Gasteiger partial charge on any atom is -0.478 e. The van der Waals surface area contributed by atoms with Gasteiger partial charge in [-0.15, -0.1) is 0 Å². The van der Waals surface area contributed by atoms with Gasteiger partial charge in [0.1, 0.15) is 12.4 Å². The van der Waals surface area contributed by atoms with Crippen molar-refractivity contribution >= 4 is 40.9 Å². The van der Waals surface area contributed by atoms with Crippen molar-refractivity contribution in [1.29, 1.82) is 0 Å². The summed E-state index contributed by atoms with van der Waals surface area (Å²) in [5.41, 5.74) is 6.58. The van der Waals surface area contributed by atoms with Crippen LogP contribution in [-0.4, -0.2) is 65.3 Å². The molecule has 1 saturated carbocycles. The van der Waals surface area contributed by atoms with Crippen molar-refractivity contribution in [3.05, 3.63) is 95.3 Å². The van der Waals surface area contributed by atoms with Gasteiger partial charge in [-0.05, 0) is 73.9 Å². The molecule has 3 aromatic rings. The van der Waals surface area contributed by atoms with Gasteiger partial charge in [0.2, 0.25) is 12.1 Å². The lowest BCUT2D eigenvalue weighted by atomic mass is 9.84. The molecule has 3 aromatic carbocycles. The third-order valence-corrected chi connectivity index (χ3v) is 8.74. The van der Waals surface area contributed by atoms with E-state index in [0.717, 1.165) is 30.6 Å². The smallest absolute Gasteiger partial charge is 0.335 e. The summed E-state index contributed by atoms with van der Waals surface area (Å²) in [4.78, 5) is 61.8. The zero-order chi connectivity index (χ0) is 31.0. The molecule has 44 heavy (non-hydrogen) atoms. The number of fused-ring (bicyclic) bond motifs is 5. The number of aromatic carboxylic acids is 1. The number of anilines is 2. The minimum atomic E-state index is -1.67. The molecule has 1 aliphatic carbocycles. The monoisotopic (exact) mass is 597 g/mol. The molecular formula is C33H32FN5O5. The molecule has 0 spiro atoms. The highest BCUT2D eigenvalue weighted by Gasteiger charge is 2.40. The number of para-hydroxylation sites is 1. The predicted molar refractivity (Wildman–Crippen MR) is 162 cm³/mol. The molecule has 3 aliphatic heterocycles. The molecule has 2 saturated heterocycles. The molecule has 0 aromatic heterocycles. The number of amides is 4. The fourth-order valence-corrected chi connectivity index (χ4v) is 6.52. The van der Waals surface area contributed by atoms with E-state index in [2.05, 4.69) is 4.99 Å². The van der Waals surface area contributed by atoms with E-state index in [1.807, 2.05) is 4.90 Å². The number of benzene rings is 3. The van der Waals surface area contributed by atoms with Crippen LogP contribution in [0.3, 0.4) is 0 Å². The number of carboxylic acid groups (broad SMARTS) is 1. The molecule has 3 N–H and O–H groups in total. The van der Waals surface area contributed by atoms with E-state index >= 15 is 4.39 Å². The predicted octanol–water partition coefficient (Wildman–Crippen LogP) is 4.27. The Morgan fingerprint density at radius 3 is 2.18 bits per heavy atom. The molecular weight excluding hydrogens is 565 g/mol. The standard InChI is InChI=1S/C33H32FN5O5/c34-26-10-3-1-8-24(26)29-25-9-2-4-11-27(25)38(19-28(40)37-17-20-12-13-21(18-37)15-14-20)31(41)30(36-29)39(33(35)44)23-7-5-6-22(16-23)32(42)43/h1-11,16,20-21,30H,12-15,17-19H2,(H2,35,44)(H,42,43)/t20?,21?,30-/m0/s1. The van der Waals surface area contributed by atoms with Gasteiger partial charge >= 0.3 is 12.0 Å². The lowest BCUT2D eigenvalue weighted by molar-refractivity contribution is -0.132. The van der Waals surface area contributed by atoms with Crippen LogP contribution in [0, 0.1) is 17.7 Å². The molecule has 2 bridgehead atoms. The number of nitrogens with zero attached hydrogens (tertiary/aromatic N) is 4. The number of carboxylic acids is 1. The van der Waals surface area contributed by atoms with Crippen LogP contribution < -0.4 is 15.5 Å². The lowest BCUT2D eigenvalue weighted by Crippen LogP contribution is -2.54. The van der Waals surface area contributed by atoms with Crippen LogP contribution in [0.4, 0.5) is 20.6 Å². The summed E-state index contributed by atoms with van der Waals surface area (Å²) in [6, 6.07) is 17.0. The van der Waals surface area contributed by atoms with Gasteiger partial charge in [0.15, 0.2) is 0 Å². The maximum absolute atomic E-state index is 15.3. The first-order valence-corrected chi connectivity index (χ1v) is 14.6. The number of benzodiazepines with no additional fused rings is 1. The lowest BCUT2D eigenvalue weighted by Gasteiger charge is -2.32. The Hall–Kier alpha value is -5.06. The Morgan fingerprint density at radius 1 is 0.909 bits per heavy atom. The summed E-state index contributed by atoms with van der Waals surface area (Å²) in [6.07, 6.45) is 2.62. The number of nitrogens with two attached hydrogens (primary N) is 1. The van der Waals surface area contributed by atoms with Crippen molar-refractivity contribution < 1.29 is 28.7 Å². The van der Waals surface area contributed by atoms with E-state index in [1.54, 1.807) is 30.3 Å². The zero-order valence-corrected chi connectivity index (χ0v) is 23.9. The second-order valence-corrected chi connectivity index (χ2v) is 11.5. The van der Waals surface area contributed by atoms with Crippen LogP contribution >= 0.6 is 0 Å². The average molecular weight is 598 g/mol. The quantitative estimate of drug-likeness (QED) is 0.438. The van der Waals surface area contributed by atoms with Crippen molar-refractivity contribution in [2.45, 2.75) is 31.8 Å². The number of halogens is 1. The summed E-state index contributed by atoms with van der Waals surface area (Å²) in [5, 5.41) is 9.58. The van der Waals surface area contributed by atoms with E-state index in [-0.39, 0.29) is 35.0 Å². The van der Waals surface area contributed by atoms with Gasteiger partial charge in [-0.3, -0.25) is 19.4 Å². The van der Waals surface area contributed by atoms with Gasteiger partial charge in [-0.25, -0.2) is 19.0 Å². The third-order valence-electron chi connectivity index (χ3n) is 8.74. The summed E-state index contributed by atoms with van der Waals surface area (Å²) < 4.78 is 15.3. The molecule has 226 valence electrons. The molecule has 11 heteroatoms. The number of carbonyl (C=O) groups excluding carboxylic acids is 3. The SMILES string of the molecule is NC(=O)N(c1cccc(C(=O)O)c1)[C@@H]1N=C(c2ccccc2F)c2ccccc2N(CC(=O)N2CC3CCC(CC3)C2)C1=O. The first-order valence-electron chi connectivity index (χ1n) is 14.6. The highest BCUT2D eigenvalue weighted by atomic mass is 19.1. The van der Waals surface area contributed by atoms with Crippen molar-refractivity contribution in [3.8, 4) is 0 Å². The van der Waals surface area contributed by atoms with E-state index in [9.17, 15) is 24.3 Å². The maximum Gasteiger partial charge on any atom is 0.335 e. The van der Waals surface area contributed by atoms with E-state index < -0.39 is 29.9 Å². The highest BCUT2D eigenvalue weighted by molar-refractivity contribution is 6.22. The molecule has 0 unspecified atom stereocenters. The van der Waals surface area contributed by atoms with Crippen LogP contribution in [0.2, 0.25) is 0 Å². The van der Waals surface area contributed by atoms with Crippen molar-refractivity contribution in [1.82, 2.24) is 4.90 Å². The highest BCUT2D eigenvalue weighted by Crippen LogP contribution is 2.35. The fraction of sp³-hybridized carbons (Fsp3) is 0.303. The molecule has 4 aliphatic rings. The molecule has 10 nitrogen and oxygen atoms in total. The van der Waals surface area contributed by atoms with E-state index in [1.165, 1.54) is 47.4 Å². The van der Waals surface area contributed by atoms with Crippen molar-refractivity contribution in [2.75, 3.05) is 29.4 Å². The summed E-state index contributed by atoms with van der Waals surface area (Å²) in [7, 11) is 0.